The van der Waals surface area contributed by atoms with Gasteiger partial charge in [0.05, 0.1) is 12.7 Å². The van der Waals surface area contributed by atoms with Crippen LogP contribution in [-0.2, 0) is 16.6 Å². The Morgan fingerprint density at radius 3 is 2.89 bits per heavy atom. The van der Waals surface area contributed by atoms with Gasteiger partial charge in [-0.3, -0.25) is 4.68 Å². The molecule has 19 heavy (non-hydrogen) atoms. The minimum atomic E-state index is -3.46. The first-order valence-electron chi connectivity index (χ1n) is 6.80. The molecule has 1 aromatic rings. The molecule has 1 heterocycles. The van der Waals surface area contributed by atoms with Crippen LogP contribution in [0.25, 0.3) is 0 Å². The molecule has 6 nitrogen and oxygen atoms in total. The van der Waals surface area contributed by atoms with E-state index in [0.29, 0.717) is 19.0 Å². The van der Waals surface area contributed by atoms with Crippen LogP contribution < -0.4 is 10.5 Å². The molecule has 3 N–H and O–H groups in total. The summed E-state index contributed by atoms with van der Waals surface area (Å²) in [5.41, 5.74) is 5.42. The molecule has 2 rings (SSSR count). The lowest BCUT2D eigenvalue weighted by molar-refractivity contribution is 0.495. The Morgan fingerprint density at radius 2 is 2.32 bits per heavy atom. The van der Waals surface area contributed by atoms with Crippen molar-refractivity contribution < 1.29 is 8.42 Å². The van der Waals surface area contributed by atoms with Crippen molar-refractivity contribution in [3.8, 4) is 0 Å². The minimum Gasteiger partial charge on any atom is -0.329 e. The standard InChI is InChI=1S/C12H22N4O2S/c1-2-11(7-10-3-4-10)15-19(17,18)12-8-14-16(9-12)6-5-13/h8-11,15H,2-7,13H2,1H3. The summed E-state index contributed by atoms with van der Waals surface area (Å²) in [6, 6.07) is 0.0235. The first kappa shape index (κ1) is 14.5. The van der Waals surface area contributed by atoms with Crippen LogP contribution >= 0.6 is 0 Å². The Bertz CT molecular complexity index is 508. The van der Waals surface area contributed by atoms with Crippen LogP contribution in [0.15, 0.2) is 17.3 Å². The topological polar surface area (TPSA) is 90.0 Å². The molecule has 1 aromatic heterocycles. The normalized spacial score (nSPS) is 17.6. The maximum atomic E-state index is 12.2. The van der Waals surface area contributed by atoms with E-state index in [1.807, 2.05) is 6.92 Å². The number of nitrogens with one attached hydrogen (secondary N) is 1. The van der Waals surface area contributed by atoms with Crippen LogP contribution in [0.4, 0.5) is 0 Å². The van der Waals surface area contributed by atoms with Crippen molar-refractivity contribution in [3.63, 3.8) is 0 Å². The van der Waals surface area contributed by atoms with E-state index in [1.54, 1.807) is 4.68 Å². The van der Waals surface area contributed by atoms with Crippen LogP contribution in [0, 0.1) is 5.92 Å². The zero-order valence-electron chi connectivity index (χ0n) is 11.2. The van der Waals surface area contributed by atoms with E-state index in [-0.39, 0.29) is 10.9 Å². The molecular weight excluding hydrogens is 264 g/mol. The molecular formula is C12H22N4O2S. The summed E-state index contributed by atoms with van der Waals surface area (Å²) in [6.07, 6.45) is 7.11. The summed E-state index contributed by atoms with van der Waals surface area (Å²) in [5.74, 6) is 0.701. The largest absolute Gasteiger partial charge is 0.329 e. The lowest BCUT2D eigenvalue weighted by Crippen LogP contribution is -2.34. The summed E-state index contributed by atoms with van der Waals surface area (Å²) in [7, 11) is -3.46. The van der Waals surface area contributed by atoms with Gasteiger partial charge in [-0.15, -0.1) is 0 Å². The monoisotopic (exact) mass is 286 g/mol. The number of nitrogens with two attached hydrogens (primary N) is 1. The van der Waals surface area contributed by atoms with Crippen LogP contribution in [0.5, 0.6) is 0 Å². The van der Waals surface area contributed by atoms with Gasteiger partial charge in [0.2, 0.25) is 10.0 Å². The molecule has 0 amide bonds. The molecule has 1 fully saturated rings. The second-order valence-corrected chi connectivity index (χ2v) is 6.85. The summed E-state index contributed by atoms with van der Waals surface area (Å²) < 4.78 is 28.8. The van der Waals surface area contributed by atoms with E-state index >= 15 is 0 Å². The van der Waals surface area contributed by atoms with Crippen LogP contribution in [0.2, 0.25) is 0 Å². The highest BCUT2D eigenvalue weighted by Crippen LogP contribution is 2.34. The van der Waals surface area contributed by atoms with Gasteiger partial charge in [-0.1, -0.05) is 19.8 Å². The van der Waals surface area contributed by atoms with Crippen LogP contribution in [0.3, 0.4) is 0 Å². The van der Waals surface area contributed by atoms with Gasteiger partial charge in [0, 0.05) is 18.8 Å². The summed E-state index contributed by atoms with van der Waals surface area (Å²) >= 11 is 0. The molecule has 0 saturated heterocycles. The molecule has 108 valence electrons. The Balaban J connectivity index is 2.02. The average molecular weight is 286 g/mol. The number of aromatic nitrogens is 2. The molecule has 1 aliphatic rings. The number of rotatable bonds is 8. The number of hydrogen-bond acceptors (Lipinski definition) is 4. The molecule has 0 aliphatic heterocycles. The third-order valence-corrected chi connectivity index (χ3v) is 4.88. The van der Waals surface area contributed by atoms with Crippen molar-refractivity contribution in [2.45, 2.75) is 50.1 Å². The summed E-state index contributed by atoms with van der Waals surface area (Å²) in [6.45, 7) is 2.97. The fraction of sp³-hybridized carbons (Fsp3) is 0.750. The quantitative estimate of drug-likeness (QED) is 0.736. The van der Waals surface area contributed by atoms with Gasteiger partial charge in [-0.05, 0) is 18.8 Å². The molecule has 0 aromatic carbocycles. The van der Waals surface area contributed by atoms with Crippen molar-refractivity contribution in [1.29, 1.82) is 0 Å². The van der Waals surface area contributed by atoms with Crippen molar-refractivity contribution in [2.75, 3.05) is 6.54 Å². The molecule has 1 unspecified atom stereocenters. The molecule has 0 spiro atoms. The lowest BCUT2D eigenvalue weighted by atomic mass is 10.1. The Morgan fingerprint density at radius 1 is 1.58 bits per heavy atom. The highest BCUT2D eigenvalue weighted by Gasteiger charge is 2.28. The van der Waals surface area contributed by atoms with E-state index in [9.17, 15) is 8.42 Å². The van der Waals surface area contributed by atoms with Gasteiger partial charge in [-0.2, -0.15) is 5.10 Å². The Labute approximate surface area is 114 Å². The third-order valence-electron chi connectivity index (χ3n) is 3.41. The fourth-order valence-electron chi connectivity index (χ4n) is 2.08. The van der Waals surface area contributed by atoms with Crippen molar-refractivity contribution >= 4 is 10.0 Å². The third kappa shape index (κ3) is 4.02. The summed E-state index contributed by atoms with van der Waals surface area (Å²) in [5, 5.41) is 4.00. The predicted molar refractivity (Wildman–Crippen MR) is 73.0 cm³/mol. The average Bonchev–Trinajstić information content (AvgIpc) is 3.04. The zero-order valence-corrected chi connectivity index (χ0v) is 12.1. The Hall–Kier alpha value is -0.920. The highest BCUT2D eigenvalue weighted by atomic mass is 32.2. The molecule has 1 atom stereocenters. The second-order valence-electron chi connectivity index (χ2n) is 5.13. The lowest BCUT2D eigenvalue weighted by Gasteiger charge is -2.15. The van der Waals surface area contributed by atoms with Gasteiger partial charge in [-0.25, -0.2) is 13.1 Å². The maximum Gasteiger partial charge on any atom is 0.243 e. The van der Waals surface area contributed by atoms with Crippen LogP contribution in [-0.4, -0.2) is 30.8 Å². The van der Waals surface area contributed by atoms with Crippen molar-refractivity contribution in [1.82, 2.24) is 14.5 Å². The highest BCUT2D eigenvalue weighted by molar-refractivity contribution is 7.89. The number of sulfonamides is 1. The molecule has 0 radical (unpaired) electrons. The van der Waals surface area contributed by atoms with Crippen molar-refractivity contribution in [3.05, 3.63) is 12.4 Å². The van der Waals surface area contributed by atoms with Gasteiger partial charge in [0.1, 0.15) is 4.90 Å². The van der Waals surface area contributed by atoms with E-state index in [1.165, 1.54) is 25.2 Å². The van der Waals surface area contributed by atoms with E-state index in [0.717, 1.165) is 12.8 Å². The van der Waals surface area contributed by atoms with E-state index in [4.69, 9.17) is 5.73 Å². The first-order valence-corrected chi connectivity index (χ1v) is 8.28. The molecule has 0 bridgehead atoms. The Kier molecular flexibility index (Phi) is 4.59. The second kappa shape index (κ2) is 6.02. The van der Waals surface area contributed by atoms with Gasteiger partial charge in [0.15, 0.2) is 0 Å². The first-order chi connectivity index (χ1) is 9.05. The van der Waals surface area contributed by atoms with Gasteiger partial charge >= 0.3 is 0 Å². The smallest absolute Gasteiger partial charge is 0.243 e. The predicted octanol–water partition coefficient (Wildman–Crippen LogP) is 0.699. The van der Waals surface area contributed by atoms with Crippen molar-refractivity contribution in [2.24, 2.45) is 11.7 Å². The van der Waals surface area contributed by atoms with Crippen LogP contribution in [0.1, 0.15) is 32.6 Å². The van der Waals surface area contributed by atoms with Gasteiger partial charge in [0.25, 0.3) is 0 Å². The summed E-state index contributed by atoms with van der Waals surface area (Å²) in [4.78, 5) is 0.218. The van der Waals surface area contributed by atoms with E-state index < -0.39 is 10.0 Å². The maximum absolute atomic E-state index is 12.2. The molecule has 1 aliphatic carbocycles. The van der Waals surface area contributed by atoms with E-state index in [2.05, 4.69) is 9.82 Å². The minimum absolute atomic E-state index is 0.0235. The number of nitrogens with zero attached hydrogens (tertiary/aromatic N) is 2. The SMILES string of the molecule is CCC(CC1CC1)NS(=O)(=O)c1cnn(CCN)c1. The molecule has 7 heteroatoms. The fourth-order valence-corrected chi connectivity index (χ4v) is 3.36. The zero-order chi connectivity index (χ0) is 13.9. The molecule has 1 saturated carbocycles. The van der Waals surface area contributed by atoms with Gasteiger partial charge < -0.3 is 5.73 Å². The number of hydrogen-bond donors (Lipinski definition) is 2.